The molecular weight excluding hydrogens is 309 g/mol. The van der Waals surface area contributed by atoms with Crippen LogP contribution in [-0.4, -0.2) is 18.3 Å². The predicted octanol–water partition coefficient (Wildman–Crippen LogP) is 3.65. The van der Waals surface area contributed by atoms with Crippen LogP contribution in [0.4, 0.5) is 0 Å². The first-order valence-electron chi connectivity index (χ1n) is 6.67. The Bertz CT molecular complexity index is 590. The quantitative estimate of drug-likeness (QED) is 0.816. The van der Waals surface area contributed by atoms with Crippen LogP contribution in [0, 0.1) is 0 Å². The molecule has 0 saturated carbocycles. The number of aliphatic hydroxyl groups excluding tert-OH is 1. The molecule has 0 atom stereocenters. The molecule has 2 aromatic rings. The molecule has 0 bridgehead atoms. The van der Waals surface area contributed by atoms with Gasteiger partial charge in [-0.3, -0.25) is 0 Å². The maximum Gasteiger partial charge on any atom is 0.123 e. The van der Waals surface area contributed by atoms with Gasteiger partial charge in [0.25, 0.3) is 0 Å². The second-order valence-corrected chi connectivity index (χ2v) is 5.28. The number of rotatable bonds is 7. The van der Waals surface area contributed by atoms with Gasteiger partial charge in [0.15, 0.2) is 0 Å². The van der Waals surface area contributed by atoms with Gasteiger partial charge < -0.3 is 15.2 Å². The lowest BCUT2D eigenvalue weighted by Crippen LogP contribution is -2.14. The zero-order chi connectivity index (χ0) is 15.1. The van der Waals surface area contributed by atoms with E-state index in [9.17, 15) is 0 Å². The van der Waals surface area contributed by atoms with Gasteiger partial charge in [-0.15, -0.1) is 0 Å². The first kappa shape index (κ1) is 16.1. The van der Waals surface area contributed by atoms with Crippen LogP contribution in [0.15, 0.2) is 42.5 Å². The van der Waals surface area contributed by atoms with Crippen molar-refractivity contribution in [2.75, 3.05) is 13.2 Å². The van der Waals surface area contributed by atoms with E-state index in [0.717, 1.165) is 16.9 Å². The van der Waals surface area contributed by atoms with Crippen molar-refractivity contribution in [2.45, 2.75) is 13.1 Å². The molecule has 0 amide bonds. The lowest BCUT2D eigenvalue weighted by Gasteiger charge is -2.12. The number of hydrogen-bond donors (Lipinski definition) is 2. The van der Waals surface area contributed by atoms with Gasteiger partial charge in [-0.05, 0) is 17.7 Å². The number of hydrogen-bond acceptors (Lipinski definition) is 3. The van der Waals surface area contributed by atoms with Crippen molar-refractivity contribution in [3.63, 3.8) is 0 Å². The highest BCUT2D eigenvalue weighted by molar-refractivity contribution is 6.42. The van der Waals surface area contributed by atoms with Crippen LogP contribution < -0.4 is 10.1 Å². The minimum atomic E-state index is -0.000114. The fraction of sp³-hybridized carbons (Fsp3) is 0.250. The molecule has 0 heterocycles. The molecule has 0 unspecified atom stereocenters. The fourth-order valence-corrected chi connectivity index (χ4v) is 2.35. The van der Waals surface area contributed by atoms with E-state index in [2.05, 4.69) is 5.32 Å². The van der Waals surface area contributed by atoms with E-state index in [1.807, 2.05) is 36.4 Å². The van der Waals surface area contributed by atoms with E-state index in [1.54, 1.807) is 6.07 Å². The zero-order valence-electron chi connectivity index (χ0n) is 11.5. The zero-order valence-corrected chi connectivity index (χ0v) is 13.0. The lowest BCUT2D eigenvalue weighted by molar-refractivity contribution is 0.200. The van der Waals surface area contributed by atoms with Crippen LogP contribution in [0.2, 0.25) is 10.0 Å². The summed E-state index contributed by atoms with van der Waals surface area (Å²) in [6, 6.07) is 13.3. The highest BCUT2D eigenvalue weighted by Gasteiger charge is 2.05. The summed E-state index contributed by atoms with van der Waals surface area (Å²) in [5.74, 6) is 0.774. The summed E-state index contributed by atoms with van der Waals surface area (Å²) in [6.07, 6.45) is 0. The maximum absolute atomic E-state index is 8.83. The van der Waals surface area contributed by atoms with Crippen molar-refractivity contribution in [2.24, 2.45) is 0 Å². The van der Waals surface area contributed by atoms with Crippen molar-refractivity contribution in [1.82, 2.24) is 5.32 Å². The van der Waals surface area contributed by atoms with Crippen molar-refractivity contribution in [3.8, 4) is 5.75 Å². The van der Waals surface area contributed by atoms with Crippen molar-refractivity contribution in [1.29, 1.82) is 0 Å². The largest absolute Gasteiger partial charge is 0.491 e. The molecule has 0 saturated heterocycles. The van der Waals surface area contributed by atoms with Gasteiger partial charge in [0.2, 0.25) is 0 Å². The van der Waals surface area contributed by atoms with Gasteiger partial charge >= 0.3 is 0 Å². The third-order valence-electron chi connectivity index (χ3n) is 2.98. The average molecular weight is 326 g/mol. The summed E-state index contributed by atoms with van der Waals surface area (Å²) in [6.45, 7) is 1.55. The summed E-state index contributed by atoms with van der Waals surface area (Å²) in [4.78, 5) is 0. The number of nitrogens with one attached hydrogen (secondary N) is 1. The molecule has 2 N–H and O–H groups in total. The fourth-order valence-electron chi connectivity index (χ4n) is 1.96. The van der Waals surface area contributed by atoms with Crippen molar-refractivity contribution < 1.29 is 9.84 Å². The molecule has 0 aliphatic heterocycles. The summed E-state index contributed by atoms with van der Waals surface area (Å²) >= 11 is 12.1. The normalized spacial score (nSPS) is 10.6. The SMILES string of the molecule is OCCOc1ccccc1CNCc1cccc(Cl)c1Cl. The summed E-state index contributed by atoms with van der Waals surface area (Å²) in [5, 5.41) is 13.3. The number of halogens is 2. The van der Waals surface area contributed by atoms with E-state index in [1.165, 1.54) is 0 Å². The highest BCUT2D eigenvalue weighted by atomic mass is 35.5. The third-order valence-corrected chi connectivity index (χ3v) is 3.84. The van der Waals surface area contributed by atoms with Crippen LogP contribution in [0.25, 0.3) is 0 Å². The van der Waals surface area contributed by atoms with Crippen LogP contribution in [0.1, 0.15) is 11.1 Å². The molecule has 5 heteroatoms. The minimum Gasteiger partial charge on any atom is -0.491 e. The molecule has 112 valence electrons. The maximum atomic E-state index is 8.83. The van der Waals surface area contributed by atoms with Gasteiger partial charge in [-0.1, -0.05) is 53.5 Å². The summed E-state index contributed by atoms with van der Waals surface area (Å²) in [5.41, 5.74) is 1.99. The molecule has 0 aliphatic carbocycles. The molecule has 3 nitrogen and oxygen atoms in total. The third kappa shape index (κ3) is 4.61. The molecule has 0 spiro atoms. The Morgan fingerprint density at radius 1 is 0.952 bits per heavy atom. The standard InChI is InChI=1S/C16H17Cl2NO2/c17-14-6-3-5-13(16(14)18)11-19-10-12-4-1-2-7-15(12)21-9-8-20/h1-7,19-20H,8-11H2. The van der Waals surface area contributed by atoms with Gasteiger partial charge in [0.1, 0.15) is 12.4 Å². The van der Waals surface area contributed by atoms with Gasteiger partial charge in [0.05, 0.1) is 16.7 Å². The average Bonchev–Trinajstić information content (AvgIpc) is 2.50. The molecule has 0 fully saturated rings. The number of aliphatic hydroxyl groups is 1. The first-order valence-corrected chi connectivity index (χ1v) is 7.43. The number of benzene rings is 2. The van der Waals surface area contributed by atoms with Crippen molar-refractivity contribution >= 4 is 23.2 Å². The second kappa shape index (κ2) is 8.25. The molecule has 2 rings (SSSR count). The molecular formula is C16H17Cl2NO2. The smallest absolute Gasteiger partial charge is 0.123 e. The van der Waals surface area contributed by atoms with E-state index in [0.29, 0.717) is 23.1 Å². The van der Waals surface area contributed by atoms with E-state index >= 15 is 0 Å². The Hall–Kier alpha value is -1.26. The Labute approximate surface area is 134 Å². The van der Waals surface area contributed by atoms with Crippen LogP contribution in [-0.2, 0) is 13.1 Å². The summed E-state index contributed by atoms with van der Waals surface area (Å²) in [7, 11) is 0. The molecule has 0 aliphatic rings. The molecule has 21 heavy (non-hydrogen) atoms. The van der Waals surface area contributed by atoms with Crippen LogP contribution in [0.3, 0.4) is 0 Å². The highest BCUT2D eigenvalue weighted by Crippen LogP contribution is 2.25. The van der Waals surface area contributed by atoms with E-state index in [4.69, 9.17) is 33.0 Å². The number of ether oxygens (including phenoxy) is 1. The van der Waals surface area contributed by atoms with Gasteiger partial charge in [0, 0.05) is 18.7 Å². The lowest BCUT2D eigenvalue weighted by atomic mass is 10.2. The van der Waals surface area contributed by atoms with Gasteiger partial charge in [-0.2, -0.15) is 0 Å². The summed E-state index contributed by atoms with van der Waals surface area (Å²) < 4.78 is 5.49. The first-order chi connectivity index (χ1) is 10.2. The Morgan fingerprint density at radius 2 is 1.67 bits per heavy atom. The minimum absolute atomic E-state index is 0.000114. The second-order valence-electron chi connectivity index (χ2n) is 4.50. The molecule has 0 radical (unpaired) electrons. The van der Waals surface area contributed by atoms with E-state index in [-0.39, 0.29) is 13.2 Å². The number of para-hydroxylation sites is 1. The molecule has 2 aromatic carbocycles. The topological polar surface area (TPSA) is 41.5 Å². The Kier molecular flexibility index (Phi) is 6.33. The van der Waals surface area contributed by atoms with Crippen molar-refractivity contribution in [3.05, 3.63) is 63.6 Å². The Balaban J connectivity index is 1.95. The van der Waals surface area contributed by atoms with Gasteiger partial charge in [-0.25, -0.2) is 0 Å². The Morgan fingerprint density at radius 3 is 2.48 bits per heavy atom. The van der Waals surface area contributed by atoms with E-state index < -0.39 is 0 Å². The van der Waals surface area contributed by atoms with Crippen LogP contribution >= 0.6 is 23.2 Å². The van der Waals surface area contributed by atoms with Crippen LogP contribution in [0.5, 0.6) is 5.75 Å². The monoisotopic (exact) mass is 325 g/mol. The predicted molar refractivity (Wildman–Crippen MR) is 86.0 cm³/mol. The molecule has 0 aromatic heterocycles.